The Morgan fingerprint density at radius 1 is 1.03 bits per heavy atom. The van der Waals surface area contributed by atoms with Gasteiger partial charge >= 0.3 is 0 Å². The lowest BCUT2D eigenvalue weighted by molar-refractivity contribution is -0.126. The third kappa shape index (κ3) is 5.39. The second-order valence-electron chi connectivity index (χ2n) is 10.5. The molecule has 1 unspecified atom stereocenters. The van der Waals surface area contributed by atoms with E-state index in [1.165, 1.54) is 25.7 Å². The van der Waals surface area contributed by atoms with Crippen molar-refractivity contribution >= 4 is 11.9 Å². The summed E-state index contributed by atoms with van der Waals surface area (Å²) in [5.74, 6) is 2.27. The second-order valence-corrected chi connectivity index (χ2v) is 10.5. The monoisotopic (exact) mass is 443 g/mol. The summed E-state index contributed by atoms with van der Waals surface area (Å²) in [7, 11) is 4.30. The first-order chi connectivity index (χ1) is 15.4. The molecule has 0 radical (unpaired) electrons. The molecule has 1 aliphatic heterocycles. The number of hydrogen-bond acceptors (Lipinski definition) is 7. The van der Waals surface area contributed by atoms with E-state index in [0.717, 1.165) is 69.4 Å². The van der Waals surface area contributed by atoms with Crippen molar-refractivity contribution in [2.24, 2.45) is 17.6 Å². The van der Waals surface area contributed by atoms with Crippen molar-refractivity contribution in [1.29, 1.82) is 0 Å². The second kappa shape index (κ2) is 10.4. The molecule has 0 spiro atoms. The summed E-state index contributed by atoms with van der Waals surface area (Å²) in [6.45, 7) is 5.59. The van der Waals surface area contributed by atoms with Gasteiger partial charge in [0.15, 0.2) is 0 Å². The average Bonchev–Trinajstić information content (AvgIpc) is 2.80. The molecule has 1 saturated heterocycles. The zero-order chi connectivity index (χ0) is 22.7. The first-order valence-electron chi connectivity index (χ1n) is 12.6. The lowest BCUT2D eigenvalue weighted by atomic mass is 9.80. The number of aromatic nitrogens is 3. The molecule has 2 saturated carbocycles. The molecule has 8 heteroatoms. The maximum atomic E-state index is 12.4. The van der Waals surface area contributed by atoms with Crippen molar-refractivity contribution in [3.63, 3.8) is 0 Å². The first-order valence-corrected chi connectivity index (χ1v) is 12.6. The number of nitrogens with two attached hydrogens (primary N) is 1. The third-order valence-electron chi connectivity index (χ3n) is 8.20. The summed E-state index contributed by atoms with van der Waals surface area (Å²) in [6, 6.07) is 0.468. The first kappa shape index (κ1) is 23.4. The molecule has 0 aromatic carbocycles. The average molecular weight is 444 g/mol. The summed E-state index contributed by atoms with van der Waals surface area (Å²) < 4.78 is 0. The Hall–Kier alpha value is -1.80. The van der Waals surface area contributed by atoms with Gasteiger partial charge in [0.05, 0.1) is 17.9 Å². The minimum absolute atomic E-state index is 0.158. The van der Waals surface area contributed by atoms with Gasteiger partial charge in [0, 0.05) is 38.1 Å². The summed E-state index contributed by atoms with van der Waals surface area (Å²) in [4.78, 5) is 24.2. The minimum atomic E-state index is -0.168. The number of carbonyl (C=O) groups excluding carboxylic acids is 1. The largest absolute Gasteiger partial charge is 0.368 e. The molecule has 1 aromatic rings. The minimum Gasteiger partial charge on any atom is -0.368 e. The molecule has 178 valence electrons. The van der Waals surface area contributed by atoms with Crippen molar-refractivity contribution in [2.45, 2.75) is 76.3 Å². The van der Waals surface area contributed by atoms with Crippen molar-refractivity contribution in [3.05, 3.63) is 11.9 Å². The van der Waals surface area contributed by atoms with Crippen molar-refractivity contribution in [3.8, 4) is 0 Å². The van der Waals surface area contributed by atoms with Gasteiger partial charge in [-0.1, -0.05) is 19.8 Å². The Morgan fingerprint density at radius 3 is 2.28 bits per heavy atom. The van der Waals surface area contributed by atoms with Crippen LogP contribution in [0.3, 0.4) is 0 Å². The van der Waals surface area contributed by atoms with Crippen molar-refractivity contribution < 1.29 is 4.79 Å². The highest BCUT2D eigenvalue weighted by atomic mass is 16.1. The van der Waals surface area contributed by atoms with E-state index < -0.39 is 0 Å². The van der Waals surface area contributed by atoms with Crippen molar-refractivity contribution in [2.75, 3.05) is 45.2 Å². The quantitative estimate of drug-likeness (QED) is 0.721. The summed E-state index contributed by atoms with van der Waals surface area (Å²) in [6.07, 6.45) is 11.2. The van der Waals surface area contributed by atoms with Gasteiger partial charge in [0.1, 0.15) is 0 Å². The van der Waals surface area contributed by atoms with Crippen LogP contribution in [0.15, 0.2) is 6.20 Å². The van der Waals surface area contributed by atoms with Crippen LogP contribution in [0.1, 0.15) is 69.9 Å². The fourth-order valence-corrected chi connectivity index (χ4v) is 6.04. The number of nitrogens with zero attached hydrogens (tertiary/aromatic N) is 6. The highest BCUT2D eigenvalue weighted by Crippen LogP contribution is 2.35. The molecule has 3 fully saturated rings. The number of anilines is 1. The third-order valence-corrected chi connectivity index (χ3v) is 8.20. The lowest BCUT2D eigenvalue weighted by Crippen LogP contribution is -2.57. The number of hydrogen-bond donors (Lipinski definition) is 1. The van der Waals surface area contributed by atoms with E-state index in [4.69, 9.17) is 10.7 Å². The highest BCUT2D eigenvalue weighted by Gasteiger charge is 2.37. The Balaban J connectivity index is 1.35. The number of rotatable bonds is 6. The van der Waals surface area contributed by atoms with Crippen LogP contribution in [0.4, 0.5) is 5.95 Å². The van der Waals surface area contributed by atoms with Crippen LogP contribution < -0.4 is 10.6 Å². The van der Waals surface area contributed by atoms with Gasteiger partial charge < -0.3 is 15.5 Å². The molecule has 1 aromatic heterocycles. The van der Waals surface area contributed by atoms with Gasteiger partial charge in [-0.2, -0.15) is 5.10 Å². The van der Waals surface area contributed by atoms with Crippen LogP contribution in [-0.2, 0) is 4.79 Å². The van der Waals surface area contributed by atoms with E-state index in [9.17, 15) is 4.79 Å². The number of piperazine rings is 1. The van der Waals surface area contributed by atoms with E-state index >= 15 is 0 Å². The van der Waals surface area contributed by atoms with Crippen LogP contribution >= 0.6 is 0 Å². The fraction of sp³-hybridized carbons (Fsp3) is 0.833. The number of primary amides is 1. The van der Waals surface area contributed by atoms with Crippen LogP contribution in [0, 0.1) is 11.8 Å². The van der Waals surface area contributed by atoms with Gasteiger partial charge in [-0.3, -0.25) is 9.69 Å². The molecule has 1 atom stereocenters. The van der Waals surface area contributed by atoms with Gasteiger partial charge in [-0.25, -0.2) is 4.98 Å². The molecule has 0 bridgehead atoms. The Morgan fingerprint density at radius 2 is 1.69 bits per heavy atom. The van der Waals surface area contributed by atoms with Crippen LogP contribution in [0.25, 0.3) is 0 Å². The van der Waals surface area contributed by atoms with E-state index in [2.05, 4.69) is 45.9 Å². The van der Waals surface area contributed by atoms with Gasteiger partial charge in [-0.05, 0) is 64.5 Å². The normalized spacial score (nSPS) is 30.9. The highest BCUT2D eigenvalue weighted by molar-refractivity contribution is 5.80. The molecule has 2 heterocycles. The topological polar surface area (TPSA) is 91.5 Å². The molecule has 2 aliphatic carbocycles. The number of carbonyl (C=O) groups is 1. The summed E-state index contributed by atoms with van der Waals surface area (Å²) >= 11 is 0. The molecule has 32 heavy (non-hydrogen) atoms. The van der Waals surface area contributed by atoms with Gasteiger partial charge in [0.25, 0.3) is 0 Å². The maximum Gasteiger partial charge on any atom is 0.245 e. The number of amides is 1. The molecule has 4 rings (SSSR count). The predicted octanol–water partition coefficient (Wildman–Crippen LogP) is 2.26. The zero-order valence-corrected chi connectivity index (χ0v) is 20.1. The van der Waals surface area contributed by atoms with Crippen LogP contribution in [0.2, 0.25) is 0 Å². The van der Waals surface area contributed by atoms with Gasteiger partial charge in [-0.15, -0.1) is 5.10 Å². The summed E-state index contributed by atoms with van der Waals surface area (Å²) in [5, 5.41) is 8.63. The Labute approximate surface area is 192 Å². The van der Waals surface area contributed by atoms with Gasteiger partial charge in [0.2, 0.25) is 11.9 Å². The van der Waals surface area contributed by atoms with E-state index in [1.54, 1.807) is 0 Å². The maximum absolute atomic E-state index is 12.4. The standard InChI is InChI=1S/C24H41N7O/c1-17-4-6-18(7-5-17)21-16-26-28-24(27-21)31-14-12-30(13-15-31)22(23(25)32)19-8-10-20(11-9-19)29(2)3/h16-20,22H,4-15H2,1-3H3,(H2,25,32)/t17-,18-,19-,20-,22?. The zero-order valence-electron chi connectivity index (χ0n) is 20.1. The van der Waals surface area contributed by atoms with E-state index in [1.807, 2.05) is 6.20 Å². The van der Waals surface area contributed by atoms with Crippen molar-refractivity contribution in [1.82, 2.24) is 25.0 Å². The van der Waals surface area contributed by atoms with Crippen LogP contribution in [-0.4, -0.2) is 83.2 Å². The fourth-order valence-electron chi connectivity index (χ4n) is 6.04. The SMILES string of the molecule is CN(C)[C@H]1CC[C@H](C(C(N)=O)N2CCN(c3nncc([C@H]4CC[C@H](C)CC4)n3)CC2)CC1. The molecule has 1 amide bonds. The molecule has 8 nitrogen and oxygen atoms in total. The van der Waals surface area contributed by atoms with E-state index in [-0.39, 0.29) is 11.9 Å². The molecular weight excluding hydrogens is 402 g/mol. The lowest BCUT2D eigenvalue weighted by Gasteiger charge is -2.43. The Kier molecular flexibility index (Phi) is 7.61. The van der Waals surface area contributed by atoms with Crippen LogP contribution in [0.5, 0.6) is 0 Å². The summed E-state index contributed by atoms with van der Waals surface area (Å²) in [5.41, 5.74) is 7.01. The molecule has 2 N–H and O–H groups in total. The smallest absolute Gasteiger partial charge is 0.245 e. The molecular formula is C24H41N7O. The molecule has 3 aliphatic rings. The Bertz CT molecular complexity index is 748. The predicted molar refractivity (Wildman–Crippen MR) is 126 cm³/mol. The van der Waals surface area contributed by atoms with E-state index in [0.29, 0.717) is 17.9 Å².